The van der Waals surface area contributed by atoms with E-state index >= 15 is 0 Å². The number of hydrogen-bond acceptors (Lipinski definition) is 3. The van der Waals surface area contributed by atoms with Gasteiger partial charge in [-0.2, -0.15) is 0 Å². The Bertz CT molecular complexity index is 1370. The van der Waals surface area contributed by atoms with E-state index in [1.807, 2.05) is 83.1 Å². The van der Waals surface area contributed by atoms with Crippen LogP contribution in [0.1, 0.15) is 40.2 Å². The molecule has 1 aliphatic rings. The van der Waals surface area contributed by atoms with E-state index in [1.54, 1.807) is 0 Å². The number of carbonyl (C=O) groups is 2. The van der Waals surface area contributed by atoms with Crippen molar-refractivity contribution < 1.29 is 9.59 Å². The fourth-order valence-electron chi connectivity index (χ4n) is 4.88. The van der Waals surface area contributed by atoms with E-state index in [1.165, 1.54) is 5.56 Å². The molecular weight excluding hydrogens is 436 g/mol. The minimum Gasteiger partial charge on any atom is -0.352 e. The zero-order chi connectivity index (χ0) is 24.2. The van der Waals surface area contributed by atoms with Gasteiger partial charge < -0.3 is 14.8 Å². The van der Waals surface area contributed by atoms with Crippen molar-refractivity contribution in [2.45, 2.75) is 39.2 Å². The summed E-state index contributed by atoms with van der Waals surface area (Å²) in [6.07, 6.45) is 3.39. The summed E-state index contributed by atoms with van der Waals surface area (Å²) in [5, 5.41) is 3.02. The average molecular weight is 467 g/mol. The molecule has 2 heterocycles. The second-order valence-electron chi connectivity index (χ2n) is 9.05. The summed E-state index contributed by atoms with van der Waals surface area (Å²) in [7, 11) is 0. The van der Waals surface area contributed by atoms with Crippen molar-refractivity contribution in [2.24, 2.45) is 0 Å². The summed E-state index contributed by atoms with van der Waals surface area (Å²) in [5.74, 6) is 0.889. The van der Waals surface area contributed by atoms with Crippen LogP contribution in [0.25, 0.3) is 11.0 Å². The van der Waals surface area contributed by atoms with E-state index in [9.17, 15) is 9.59 Å². The number of para-hydroxylation sites is 3. The number of nitrogens with one attached hydrogen (secondary N) is 1. The Morgan fingerprint density at radius 3 is 2.63 bits per heavy atom. The summed E-state index contributed by atoms with van der Waals surface area (Å²) >= 11 is 0. The van der Waals surface area contributed by atoms with Crippen LogP contribution in [0.15, 0.2) is 72.8 Å². The molecule has 1 N–H and O–H groups in total. The van der Waals surface area contributed by atoms with Gasteiger partial charge in [0.15, 0.2) is 0 Å². The molecule has 0 aliphatic carbocycles. The smallest absolute Gasteiger partial charge is 0.251 e. The molecule has 0 saturated heterocycles. The summed E-state index contributed by atoms with van der Waals surface area (Å²) < 4.78 is 2.04. The lowest BCUT2D eigenvalue weighted by Gasteiger charge is -2.29. The van der Waals surface area contributed by atoms with Gasteiger partial charge in [0.1, 0.15) is 12.4 Å². The highest BCUT2D eigenvalue weighted by molar-refractivity contribution is 5.96. The molecule has 2 amide bonds. The number of nitrogens with zero attached hydrogens (tertiary/aromatic N) is 3. The van der Waals surface area contributed by atoms with Crippen LogP contribution in [0.5, 0.6) is 0 Å². The van der Waals surface area contributed by atoms with Gasteiger partial charge >= 0.3 is 0 Å². The fraction of sp³-hybridized carbons (Fsp3) is 0.276. The Balaban J connectivity index is 1.29. The van der Waals surface area contributed by atoms with Crippen molar-refractivity contribution in [3.8, 4) is 0 Å². The maximum Gasteiger partial charge on any atom is 0.251 e. The van der Waals surface area contributed by atoms with Crippen LogP contribution in [-0.2, 0) is 24.2 Å². The normalized spacial score (nSPS) is 13.0. The van der Waals surface area contributed by atoms with Crippen molar-refractivity contribution in [1.29, 1.82) is 0 Å². The largest absolute Gasteiger partial charge is 0.352 e. The standard InChI is InChI=1S/C29H30N4O2/c1-21-10-2-4-13-23(21)29(35)30-18-8-17-27-31-24-14-5-7-16-26(24)33(27)20-28(34)32-19-9-12-22-11-3-6-15-25(22)32/h2-7,10-11,13-16H,8-9,12,17-20H2,1H3,(H,30,35). The van der Waals surface area contributed by atoms with Crippen molar-refractivity contribution in [3.05, 3.63) is 95.3 Å². The number of rotatable bonds is 7. The van der Waals surface area contributed by atoms with Crippen molar-refractivity contribution in [2.75, 3.05) is 18.0 Å². The third-order valence-corrected chi connectivity index (χ3v) is 6.69. The molecule has 0 radical (unpaired) electrons. The summed E-state index contributed by atoms with van der Waals surface area (Å²) in [6, 6.07) is 23.7. The number of anilines is 1. The van der Waals surface area contributed by atoms with Crippen molar-refractivity contribution >= 4 is 28.5 Å². The Hall–Kier alpha value is -3.93. The van der Waals surface area contributed by atoms with Crippen LogP contribution in [0.4, 0.5) is 5.69 Å². The van der Waals surface area contributed by atoms with Crippen LogP contribution in [0, 0.1) is 6.92 Å². The maximum atomic E-state index is 13.5. The second-order valence-corrected chi connectivity index (χ2v) is 9.05. The average Bonchev–Trinajstić information content (AvgIpc) is 3.23. The Kier molecular flexibility index (Phi) is 6.62. The lowest BCUT2D eigenvalue weighted by Crippen LogP contribution is -2.38. The maximum absolute atomic E-state index is 13.5. The molecule has 4 aromatic rings. The van der Waals surface area contributed by atoms with Crippen LogP contribution in [-0.4, -0.2) is 34.5 Å². The van der Waals surface area contributed by atoms with Gasteiger partial charge in [0.05, 0.1) is 11.0 Å². The van der Waals surface area contributed by atoms with Crippen molar-refractivity contribution in [1.82, 2.24) is 14.9 Å². The van der Waals surface area contributed by atoms with E-state index in [0.717, 1.165) is 53.9 Å². The number of aryl methyl sites for hydroxylation is 3. The number of hydrogen-bond donors (Lipinski definition) is 1. The van der Waals surface area contributed by atoms with Gasteiger partial charge in [0.25, 0.3) is 5.91 Å². The number of amides is 2. The van der Waals surface area contributed by atoms with Gasteiger partial charge in [-0.1, -0.05) is 48.5 Å². The molecule has 5 rings (SSSR count). The highest BCUT2D eigenvalue weighted by Gasteiger charge is 2.24. The Labute approximate surface area is 205 Å². The molecule has 0 saturated carbocycles. The zero-order valence-electron chi connectivity index (χ0n) is 20.0. The molecule has 35 heavy (non-hydrogen) atoms. The quantitative estimate of drug-likeness (QED) is 0.402. The molecule has 1 aliphatic heterocycles. The molecular formula is C29H30N4O2. The third-order valence-electron chi connectivity index (χ3n) is 6.69. The molecule has 0 spiro atoms. The third kappa shape index (κ3) is 4.83. The van der Waals surface area contributed by atoms with Gasteiger partial charge in [-0.05, 0) is 61.6 Å². The molecule has 178 valence electrons. The Morgan fingerprint density at radius 2 is 1.74 bits per heavy atom. The first-order valence-corrected chi connectivity index (χ1v) is 12.3. The minimum atomic E-state index is -0.0597. The predicted molar refractivity (Wildman–Crippen MR) is 139 cm³/mol. The van der Waals surface area contributed by atoms with E-state index in [-0.39, 0.29) is 18.4 Å². The minimum absolute atomic E-state index is 0.0597. The second kappa shape index (κ2) is 10.1. The Morgan fingerprint density at radius 1 is 0.971 bits per heavy atom. The number of imidazole rings is 1. The summed E-state index contributed by atoms with van der Waals surface area (Å²) in [6.45, 7) is 3.47. The molecule has 3 aromatic carbocycles. The molecule has 0 atom stereocenters. The van der Waals surface area contributed by atoms with Gasteiger partial charge in [-0.15, -0.1) is 0 Å². The predicted octanol–water partition coefficient (Wildman–Crippen LogP) is 4.69. The SMILES string of the molecule is Cc1ccccc1C(=O)NCCCc1nc2ccccc2n1CC(=O)N1CCCc2ccccc21. The summed E-state index contributed by atoms with van der Waals surface area (Å²) in [5.41, 5.74) is 5.76. The molecule has 0 bridgehead atoms. The van der Waals surface area contributed by atoms with Gasteiger partial charge in [0, 0.05) is 30.8 Å². The molecule has 0 fully saturated rings. The number of benzene rings is 3. The lowest BCUT2D eigenvalue weighted by molar-refractivity contribution is -0.119. The van der Waals surface area contributed by atoms with Gasteiger partial charge in [-0.25, -0.2) is 4.98 Å². The van der Waals surface area contributed by atoms with E-state index in [2.05, 4.69) is 11.4 Å². The van der Waals surface area contributed by atoms with Crippen LogP contribution >= 0.6 is 0 Å². The van der Waals surface area contributed by atoms with Crippen molar-refractivity contribution in [3.63, 3.8) is 0 Å². The summed E-state index contributed by atoms with van der Waals surface area (Å²) in [4.78, 5) is 32.7. The molecule has 0 unspecified atom stereocenters. The topological polar surface area (TPSA) is 67.2 Å². The zero-order valence-corrected chi connectivity index (χ0v) is 20.0. The monoisotopic (exact) mass is 466 g/mol. The number of carbonyl (C=O) groups excluding carboxylic acids is 2. The molecule has 6 nitrogen and oxygen atoms in total. The van der Waals surface area contributed by atoms with Gasteiger partial charge in [0.2, 0.25) is 5.91 Å². The molecule has 1 aromatic heterocycles. The van der Waals surface area contributed by atoms with E-state index < -0.39 is 0 Å². The molecule has 6 heteroatoms. The van der Waals surface area contributed by atoms with Crippen LogP contribution in [0.3, 0.4) is 0 Å². The van der Waals surface area contributed by atoms with Crippen LogP contribution in [0.2, 0.25) is 0 Å². The van der Waals surface area contributed by atoms with E-state index in [4.69, 9.17) is 4.98 Å². The highest BCUT2D eigenvalue weighted by Crippen LogP contribution is 2.27. The fourth-order valence-corrected chi connectivity index (χ4v) is 4.88. The first kappa shape index (κ1) is 22.8. The first-order valence-electron chi connectivity index (χ1n) is 12.3. The number of aromatic nitrogens is 2. The lowest BCUT2D eigenvalue weighted by atomic mass is 10.0. The highest BCUT2D eigenvalue weighted by atomic mass is 16.2. The number of fused-ring (bicyclic) bond motifs is 2. The van der Waals surface area contributed by atoms with E-state index in [0.29, 0.717) is 18.5 Å². The van der Waals surface area contributed by atoms with Crippen LogP contribution < -0.4 is 10.2 Å². The van der Waals surface area contributed by atoms with Gasteiger partial charge in [-0.3, -0.25) is 9.59 Å². The first-order chi connectivity index (χ1) is 17.1.